The van der Waals surface area contributed by atoms with E-state index in [-0.39, 0.29) is 19.0 Å². The Morgan fingerprint density at radius 1 is 1.25 bits per heavy atom. The number of nitro benzene ring substituents is 1. The Balaban J connectivity index is 2.78. The Kier molecular flexibility index (Phi) is 6.08. The lowest BCUT2D eigenvalue weighted by atomic mass is 10.2. The molecule has 0 unspecified atom stereocenters. The zero-order chi connectivity index (χ0) is 15.2. The molecule has 0 fully saturated rings. The normalized spacial score (nSPS) is 11.4. The summed E-state index contributed by atoms with van der Waals surface area (Å²) < 4.78 is 47.5. The predicted molar refractivity (Wildman–Crippen MR) is 68.3 cm³/mol. The fourth-order valence-corrected chi connectivity index (χ4v) is 1.46. The minimum absolute atomic E-state index is 0.0000176. The minimum Gasteiger partial charge on any atom is -0.484 e. The molecule has 0 radical (unpaired) electrons. The van der Waals surface area contributed by atoms with E-state index in [0.29, 0.717) is 18.4 Å². The molecule has 20 heavy (non-hydrogen) atoms. The van der Waals surface area contributed by atoms with Gasteiger partial charge in [0.15, 0.2) is 5.75 Å². The summed E-state index contributed by atoms with van der Waals surface area (Å²) in [5.41, 5.74) is -1.82. The Hall–Kier alpha value is -1.48. The average Bonchev–Trinajstić information content (AvgIpc) is 2.37. The summed E-state index contributed by atoms with van der Waals surface area (Å²) >= 11 is 3.91. The van der Waals surface area contributed by atoms with Crippen LogP contribution < -0.4 is 4.74 Å². The van der Waals surface area contributed by atoms with Gasteiger partial charge < -0.3 is 9.47 Å². The summed E-state index contributed by atoms with van der Waals surface area (Å²) in [6, 6.07) is 2.11. The highest BCUT2D eigenvalue weighted by molar-refractivity contribution is 7.80. The molecule has 5 nitrogen and oxygen atoms in total. The summed E-state index contributed by atoms with van der Waals surface area (Å²) in [6.45, 7) is 0.556. The van der Waals surface area contributed by atoms with Gasteiger partial charge in [0, 0.05) is 11.8 Å². The predicted octanol–water partition coefficient (Wildman–Crippen LogP) is 2.94. The number of nitro groups is 1. The molecule has 112 valence electrons. The lowest BCUT2D eigenvalue weighted by Crippen LogP contribution is -2.10. The molecule has 0 saturated heterocycles. The molecular weight excluding hydrogens is 299 g/mol. The fourth-order valence-electron chi connectivity index (χ4n) is 1.34. The maximum absolute atomic E-state index is 12.5. The molecule has 0 amide bonds. The monoisotopic (exact) mass is 311 g/mol. The molecule has 0 saturated carbocycles. The highest BCUT2D eigenvalue weighted by atomic mass is 32.1. The van der Waals surface area contributed by atoms with E-state index >= 15 is 0 Å². The first-order chi connectivity index (χ1) is 9.36. The van der Waals surface area contributed by atoms with Crippen LogP contribution in [0.3, 0.4) is 0 Å². The topological polar surface area (TPSA) is 61.6 Å². The molecule has 9 heteroatoms. The Labute approximate surface area is 118 Å². The smallest absolute Gasteiger partial charge is 0.416 e. The van der Waals surface area contributed by atoms with Gasteiger partial charge in [-0.3, -0.25) is 10.1 Å². The number of halogens is 3. The first-order valence-electron chi connectivity index (χ1n) is 5.53. The van der Waals surface area contributed by atoms with E-state index in [1.165, 1.54) is 0 Å². The van der Waals surface area contributed by atoms with Crippen LogP contribution in [0.15, 0.2) is 18.2 Å². The third-order valence-electron chi connectivity index (χ3n) is 2.20. The van der Waals surface area contributed by atoms with Gasteiger partial charge in [0.1, 0.15) is 6.61 Å². The number of ether oxygens (including phenoxy) is 2. The molecule has 1 aromatic rings. The van der Waals surface area contributed by atoms with Crippen LogP contribution in [0.1, 0.15) is 5.56 Å². The third-order valence-corrected chi connectivity index (χ3v) is 2.39. The SMILES string of the molecule is O=[N+]([O-])c1cc(C(F)(F)F)ccc1OCCOCCS. The quantitative estimate of drug-likeness (QED) is 0.364. The van der Waals surface area contributed by atoms with Crippen molar-refractivity contribution >= 4 is 18.3 Å². The van der Waals surface area contributed by atoms with Gasteiger partial charge in [0.25, 0.3) is 0 Å². The van der Waals surface area contributed by atoms with Crippen LogP contribution in [0.4, 0.5) is 18.9 Å². The number of rotatable bonds is 7. The van der Waals surface area contributed by atoms with Crippen molar-refractivity contribution in [2.24, 2.45) is 0 Å². The molecule has 0 heterocycles. The average molecular weight is 311 g/mol. The van der Waals surface area contributed by atoms with Crippen LogP contribution in [-0.4, -0.2) is 30.5 Å². The van der Waals surface area contributed by atoms with Gasteiger partial charge in [-0.05, 0) is 12.1 Å². The van der Waals surface area contributed by atoms with Gasteiger partial charge in [0.05, 0.1) is 23.7 Å². The number of hydrogen-bond acceptors (Lipinski definition) is 5. The minimum atomic E-state index is -4.64. The van der Waals surface area contributed by atoms with Crippen LogP contribution in [0, 0.1) is 10.1 Å². The second-order valence-electron chi connectivity index (χ2n) is 3.62. The zero-order valence-corrected chi connectivity index (χ0v) is 11.1. The van der Waals surface area contributed by atoms with Crippen LogP contribution in [0.2, 0.25) is 0 Å². The second-order valence-corrected chi connectivity index (χ2v) is 4.07. The maximum atomic E-state index is 12.5. The van der Waals surface area contributed by atoms with E-state index in [0.717, 1.165) is 12.1 Å². The van der Waals surface area contributed by atoms with Gasteiger partial charge >= 0.3 is 11.9 Å². The van der Waals surface area contributed by atoms with Crippen molar-refractivity contribution in [2.75, 3.05) is 25.6 Å². The first-order valence-corrected chi connectivity index (χ1v) is 6.16. The molecule has 1 rings (SSSR count). The molecule has 0 atom stereocenters. The van der Waals surface area contributed by atoms with Crippen molar-refractivity contribution in [2.45, 2.75) is 6.18 Å². The van der Waals surface area contributed by atoms with Crippen molar-refractivity contribution in [3.63, 3.8) is 0 Å². The number of alkyl halides is 3. The number of nitrogens with zero attached hydrogens (tertiary/aromatic N) is 1. The molecule has 0 bridgehead atoms. The van der Waals surface area contributed by atoms with Gasteiger partial charge in [0.2, 0.25) is 0 Å². The lowest BCUT2D eigenvalue weighted by molar-refractivity contribution is -0.386. The number of hydrogen-bond donors (Lipinski definition) is 1. The maximum Gasteiger partial charge on any atom is 0.416 e. The van der Waals surface area contributed by atoms with Crippen molar-refractivity contribution < 1.29 is 27.6 Å². The van der Waals surface area contributed by atoms with Crippen LogP contribution in [0.25, 0.3) is 0 Å². The summed E-state index contributed by atoms with van der Waals surface area (Å²) in [5.74, 6) is 0.290. The molecule has 0 N–H and O–H groups in total. The Morgan fingerprint density at radius 2 is 1.95 bits per heavy atom. The van der Waals surface area contributed by atoms with E-state index in [1.54, 1.807) is 0 Å². The first kappa shape index (κ1) is 16.6. The van der Waals surface area contributed by atoms with Crippen molar-refractivity contribution in [3.05, 3.63) is 33.9 Å². The van der Waals surface area contributed by atoms with E-state index < -0.39 is 22.4 Å². The molecule has 0 aromatic heterocycles. The summed E-state index contributed by atoms with van der Waals surface area (Å²) in [6.07, 6.45) is -4.64. The van der Waals surface area contributed by atoms with Crippen LogP contribution in [-0.2, 0) is 10.9 Å². The standard InChI is InChI=1S/C11H12F3NO4S/c12-11(13,14)8-1-2-10(9(7-8)15(16)17)19-4-3-18-5-6-20/h1-2,7,20H,3-6H2. The number of benzene rings is 1. The van der Waals surface area contributed by atoms with E-state index in [4.69, 9.17) is 9.47 Å². The molecule has 1 aromatic carbocycles. The van der Waals surface area contributed by atoms with Gasteiger partial charge in [-0.25, -0.2) is 0 Å². The van der Waals surface area contributed by atoms with Gasteiger partial charge in [-0.15, -0.1) is 0 Å². The van der Waals surface area contributed by atoms with Crippen molar-refractivity contribution in [1.29, 1.82) is 0 Å². The number of thiol groups is 1. The van der Waals surface area contributed by atoms with E-state index in [9.17, 15) is 23.3 Å². The molecule has 0 aliphatic carbocycles. The summed E-state index contributed by atoms with van der Waals surface area (Å²) in [5, 5.41) is 10.8. The largest absolute Gasteiger partial charge is 0.484 e. The molecule has 0 aliphatic rings. The fraction of sp³-hybridized carbons (Fsp3) is 0.455. The van der Waals surface area contributed by atoms with Gasteiger partial charge in [-0.1, -0.05) is 0 Å². The highest BCUT2D eigenvalue weighted by Gasteiger charge is 2.33. The van der Waals surface area contributed by atoms with Crippen LogP contribution >= 0.6 is 12.6 Å². The van der Waals surface area contributed by atoms with E-state index in [1.807, 2.05) is 0 Å². The summed E-state index contributed by atoms with van der Waals surface area (Å²) in [4.78, 5) is 9.84. The Bertz CT molecular complexity index is 467. The molecule has 0 spiro atoms. The Morgan fingerprint density at radius 3 is 2.50 bits per heavy atom. The molecule has 0 aliphatic heterocycles. The highest BCUT2D eigenvalue weighted by Crippen LogP contribution is 2.35. The molecular formula is C11H12F3NO4S. The zero-order valence-electron chi connectivity index (χ0n) is 10.2. The van der Waals surface area contributed by atoms with Gasteiger partial charge in [-0.2, -0.15) is 25.8 Å². The lowest BCUT2D eigenvalue weighted by Gasteiger charge is -2.10. The van der Waals surface area contributed by atoms with Crippen molar-refractivity contribution in [1.82, 2.24) is 0 Å². The summed E-state index contributed by atoms with van der Waals surface area (Å²) in [7, 11) is 0. The van der Waals surface area contributed by atoms with Crippen LogP contribution in [0.5, 0.6) is 5.75 Å². The van der Waals surface area contributed by atoms with E-state index in [2.05, 4.69) is 12.6 Å². The van der Waals surface area contributed by atoms with Crippen molar-refractivity contribution in [3.8, 4) is 5.75 Å². The second kappa shape index (κ2) is 7.34. The third kappa shape index (κ3) is 4.89.